The second-order valence-corrected chi connectivity index (χ2v) is 5.39. The van der Waals surface area contributed by atoms with E-state index >= 15 is 0 Å². The number of benzene rings is 2. The van der Waals surface area contributed by atoms with E-state index in [1.807, 2.05) is 37.4 Å². The quantitative estimate of drug-likeness (QED) is 0.649. The van der Waals surface area contributed by atoms with Crippen LogP contribution in [0.4, 0.5) is 10.1 Å². The number of para-hydroxylation sites is 1. The minimum Gasteiger partial charge on any atom is -0.361 e. The van der Waals surface area contributed by atoms with Gasteiger partial charge < -0.3 is 10.3 Å². The van der Waals surface area contributed by atoms with Crippen LogP contribution < -0.4 is 5.32 Å². The average molecular weight is 292 g/mol. The van der Waals surface area contributed by atoms with Gasteiger partial charge in [-0.25, -0.2) is 4.39 Å². The molecule has 1 amide bonds. The molecule has 1 aliphatic heterocycles. The van der Waals surface area contributed by atoms with Gasteiger partial charge in [-0.3, -0.25) is 4.79 Å². The Hall–Kier alpha value is -2.88. The maximum atomic E-state index is 13.5. The number of hydrogen-bond donors (Lipinski definition) is 2. The van der Waals surface area contributed by atoms with Crippen LogP contribution in [0.1, 0.15) is 18.1 Å². The van der Waals surface area contributed by atoms with Crippen LogP contribution in [0.5, 0.6) is 0 Å². The van der Waals surface area contributed by atoms with E-state index in [0.717, 1.165) is 33.3 Å². The van der Waals surface area contributed by atoms with Gasteiger partial charge >= 0.3 is 0 Å². The lowest BCUT2D eigenvalue weighted by molar-refractivity contribution is -0.110. The summed E-state index contributed by atoms with van der Waals surface area (Å²) >= 11 is 0. The first-order chi connectivity index (χ1) is 10.6. The van der Waals surface area contributed by atoms with Crippen molar-refractivity contribution in [2.45, 2.75) is 6.92 Å². The third-order valence-electron chi connectivity index (χ3n) is 4.09. The molecule has 22 heavy (non-hydrogen) atoms. The highest BCUT2D eigenvalue weighted by molar-refractivity contribution is 6.37. The van der Waals surface area contributed by atoms with Crippen LogP contribution in [0.25, 0.3) is 22.0 Å². The number of carbonyl (C=O) groups excluding carboxylic acids is 1. The Kier molecular flexibility index (Phi) is 2.66. The second-order valence-electron chi connectivity index (χ2n) is 5.39. The molecule has 0 atom stereocenters. The summed E-state index contributed by atoms with van der Waals surface area (Å²) in [6.45, 7) is 1.89. The molecule has 0 fully saturated rings. The lowest BCUT2D eigenvalue weighted by Gasteiger charge is -2.05. The zero-order chi connectivity index (χ0) is 15.3. The first kappa shape index (κ1) is 12.8. The molecule has 0 aliphatic carbocycles. The summed E-state index contributed by atoms with van der Waals surface area (Å²) in [4.78, 5) is 15.4. The van der Waals surface area contributed by atoms with Crippen molar-refractivity contribution < 1.29 is 9.18 Å². The molecule has 3 nitrogen and oxygen atoms in total. The number of nitrogens with one attached hydrogen (secondary N) is 2. The molecule has 0 bridgehead atoms. The number of halogens is 1. The van der Waals surface area contributed by atoms with E-state index in [-0.39, 0.29) is 11.7 Å². The minimum absolute atomic E-state index is 0.121. The predicted octanol–water partition coefficient (Wildman–Crippen LogP) is 4.19. The van der Waals surface area contributed by atoms with Crippen LogP contribution in [-0.2, 0) is 4.79 Å². The van der Waals surface area contributed by atoms with Gasteiger partial charge in [0.1, 0.15) is 5.82 Å². The molecule has 0 unspecified atom stereocenters. The maximum Gasteiger partial charge on any atom is 0.256 e. The van der Waals surface area contributed by atoms with E-state index in [1.165, 1.54) is 12.1 Å². The zero-order valence-corrected chi connectivity index (χ0v) is 11.9. The number of H-pyrrole nitrogens is 1. The third-order valence-corrected chi connectivity index (χ3v) is 4.09. The molecule has 2 N–H and O–H groups in total. The Morgan fingerprint density at radius 3 is 2.82 bits per heavy atom. The summed E-state index contributed by atoms with van der Waals surface area (Å²) < 4.78 is 13.5. The van der Waals surface area contributed by atoms with Crippen molar-refractivity contribution >= 4 is 33.6 Å². The lowest BCUT2D eigenvalue weighted by Crippen LogP contribution is -2.05. The number of aromatic amines is 1. The molecule has 1 aromatic heterocycles. The molecule has 0 saturated carbocycles. The van der Waals surface area contributed by atoms with Crippen LogP contribution in [0.3, 0.4) is 0 Å². The number of fused-ring (bicyclic) bond motifs is 2. The summed E-state index contributed by atoms with van der Waals surface area (Å²) in [6, 6.07) is 12.2. The van der Waals surface area contributed by atoms with E-state index in [4.69, 9.17) is 0 Å². The largest absolute Gasteiger partial charge is 0.361 e. The van der Waals surface area contributed by atoms with Gasteiger partial charge in [0.2, 0.25) is 0 Å². The second kappa shape index (κ2) is 4.56. The number of hydrogen-bond acceptors (Lipinski definition) is 1. The van der Waals surface area contributed by atoms with Gasteiger partial charge in [0.25, 0.3) is 5.91 Å². The molecular formula is C18H13FN2O. The van der Waals surface area contributed by atoms with Gasteiger partial charge in [-0.05, 0) is 36.8 Å². The highest BCUT2D eigenvalue weighted by Gasteiger charge is 2.26. The SMILES string of the molecule is CC(=C1C(=O)Nc2ccccc21)c1c[nH]c2ccc(F)cc12. The summed E-state index contributed by atoms with van der Waals surface area (Å²) in [5, 5.41) is 3.65. The zero-order valence-electron chi connectivity index (χ0n) is 11.9. The Morgan fingerprint density at radius 1 is 1.14 bits per heavy atom. The maximum absolute atomic E-state index is 13.5. The van der Waals surface area contributed by atoms with Crippen molar-refractivity contribution in [3.8, 4) is 0 Å². The Bertz CT molecular complexity index is 953. The van der Waals surface area contributed by atoms with E-state index in [1.54, 1.807) is 6.07 Å². The van der Waals surface area contributed by atoms with Gasteiger partial charge in [-0.1, -0.05) is 18.2 Å². The molecule has 0 spiro atoms. The fraction of sp³-hybridized carbons (Fsp3) is 0.0556. The van der Waals surface area contributed by atoms with Gasteiger partial charge in [0.05, 0.1) is 5.57 Å². The number of amides is 1. The summed E-state index contributed by atoms with van der Waals surface area (Å²) in [6.07, 6.45) is 1.82. The van der Waals surface area contributed by atoms with E-state index in [0.29, 0.717) is 5.57 Å². The summed E-state index contributed by atoms with van der Waals surface area (Å²) in [7, 11) is 0. The fourth-order valence-electron chi connectivity index (χ4n) is 3.03. The smallest absolute Gasteiger partial charge is 0.256 e. The topological polar surface area (TPSA) is 44.9 Å². The monoisotopic (exact) mass is 292 g/mol. The van der Waals surface area contributed by atoms with Crippen molar-refractivity contribution in [1.29, 1.82) is 0 Å². The van der Waals surface area contributed by atoms with Crippen LogP contribution in [0, 0.1) is 5.82 Å². The number of aromatic nitrogens is 1. The van der Waals surface area contributed by atoms with Crippen LogP contribution in [0.2, 0.25) is 0 Å². The first-order valence-corrected chi connectivity index (χ1v) is 7.04. The number of anilines is 1. The average Bonchev–Trinajstić information content (AvgIpc) is 3.06. The van der Waals surface area contributed by atoms with Crippen molar-refractivity contribution in [1.82, 2.24) is 4.98 Å². The molecule has 2 aromatic carbocycles. The summed E-state index contributed by atoms with van der Waals surface area (Å²) in [5.41, 5.74) is 4.86. The highest BCUT2D eigenvalue weighted by Crippen LogP contribution is 2.38. The standard InChI is InChI=1S/C18H13FN2O/c1-10(14-9-20-15-7-6-11(19)8-13(14)15)17-12-4-2-3-5-16(12)21-18(17)22/h2-9,20H,1H3,(H,21,22). The Morgan fingerprint density at radius 2 is 1.95 bits per heavy atom. The van der Waals surface area contributed by atoms with Crippen molar-refractivity contribution in [3.63, 3.8) is 0 Å². The lowest BCUT2D eigenvalue weighted by atomic mass is 9.96. The molecular weight excluding hydrogens is 279 g/mol. The Labute approximate surface area is 126 Å². The van der Waals surface area contributed by atoms with Gasteiger partial charge in [0, 0.05) is 33.9 Å². The van der Waals surface area contributed by atoms with E-state index in [9.17, 15) is 9.18 Å². The third kappa shape index (κ3) is 1.77. The normalized spacial score (nSPS) is 15.8. The molecule has 0 saturated heterocycles. The molecule has 1 aliphatic rings. The number of rotatable bonds is 1. The highest BCUT2D eigenvalue weighted by atomic mass is 19.1. The van der Waals surface area contributed by atoms with Crippen molar-refractivity contribution in [2.75, 3.05) is 5.32 Å². The van der Waals surface area contributed by atoms with Crippen LogP contribution >= 0.6 is 0 Å². The predicted molar refractivity (Wildman–Crippen MR) is 85.8 cm³/mol. The number of carbonyl (C=O) groups is 1. The minimum atomic E-state index is -0.289. The van der Waals surface area contributed by atoms with Gasteiger partial charge in [-0.15, -0.1) is 0 Å². The molecule has 3 aromatic rings. The first-order valence-electron chi connectivity index (χ1n) is 7.04. The molecule has 4 heteroatoms. The van der Waals surface area contributed by atoms with Gasteiger partial charge in [-0.2, -0.15) is 0 Å². The Balaban J connectivity index is 1.98. The molecule has 2 heterocycles. The molecule has 0 radical (unpaired) electrons. The molecule has 108 valence electrons. The van der Waals surface area contributed by atoms with E-state index < -0.39 is 0 Å². The fourth-order valence-corrected chi connectivity index (χ4v) is 3.03. The van der Waals surface area contributed by atoms with Crippen molar-refractivity contribution in [2.24, 2.45) is 0 Å². The van der Waals surface area contributed by atoms with Crippen LogP contribution in [0.15, 0.2) is 48.7 Å². The summed E-state index contributed by atoms with van der Waals surface area (Å²) in [5.74, 6) is -0.410. The molecule has 4 rings (SSSR count). The van der Waals surface area contributed by atoms with Gasteiger partial charge in [0.15, 0.2) is 0 Å². The number of allylic oxidation sites excluding steroid dienone is 1. The van der Waals surface area contributed by atoms with E-state index in [2.05, 4.69) is 10.3 Å². The van der Waals surface area contributed by atoms with Crippen LogP contribution in [-0.4, -0.2) is 10.9 Å². The van der Waals surface area contributed by atoms with Crippen molar-refractivity contribution in [3.05, 3.63) is 65.6 Å².